The van der Waals surface area contributed by atoms with Crippen molar-refractivity contribution in [1.29, 1.82) is 0 Å². The van der Waals surface area contributed by atoms with Crippen molar-refractivity contribution in [3.8, 4) is 0 Å². The summed E-state index contributed by atoms with van der Waals surface area (Å²) in [6.07, 6.45) is 8.49. The fraction of sp³-hybridized carbons (Fsp3) is 0.800. The van der Waals surface area contributed by atoms with Gasteiger partial charge >= 0.3 is 0 Å². The summed E-state index contributed by atoms with van der Waals surface area (Å²) in [7, 11) is 0. The molecule has 0 amide bonds. The molecule has 0 bridgehead atoms. The Morgan fingerprint density at radius 1 is 1.39 bits per heavy atom. The molecule has 1 fully saturated rings. The third-order valence-electron chi connectivity index (χ3n) is 6.35. The van der Waals surface area contributed by atoms with Crippen LogP contribution in [0.2, 0.25) is 0 Å². The first-order valence-corrected chi connectivity index (χ1v) is 9.78. The highest BCUT2D eigenvalue weighted by molar-refractivity contribution is 9.09. The maximum atomic E-state index is 10.6. The van der Waals surface area contributed by atoms with Crippen LogP contribution in [0, 0.1) is 11.3 Å². The highest BCUT2D eigenvalue weighted by Gasteiger charge is 2.46. The summed E-state index contributed by atoms with van der Waals surface area (Å²) in [4.78, 5) is 0.507. The molecule has 1 heterocycles. The molecule has 132 valence electrons. The first-order chi connectivity index (χ1) is 10.5. The average molecular weight is 385 g/mol. The first-order valence-electron chi connectivity index (χ1n) is 8.87. The van der Waals surface area contributed by atoms with E-state index in [1.165, 1.54) is 5.57 Å². The van der Waals surface area contributed by atoms with Crippen LogP contribution in [-0.4, -0.2) is 27.2 Å². The fourth-order valence-electron chi connectivity index (χ4n) is 4.31. The monoisotopic (exact) mass is 384 g/mol. The van der Waals surface area contributed by atoms with E-state index >= 15 is 0 Å². The van der Waals surface area contributed by atoms with Crippen molar-refractivity contribution >= 4 is 15.9 Å². The summed E-state index contributed by atoms with van der Waals surface area (Å²) in [5.74, 6) is 0.519. The van der Waals surface area contributed by atoms with Crippen molar-refractivity contribution in [1.82, 2.24) is 0 Å². The van der Waals surface area contributed by atoms with Crippen LogP contribution in [0.1, 0.15) is 66.7 Å². The Morgan fingerprint density at radius 3 is 2.65 bits per heavy atom. The number of rotatable bonds is 4. The van der Waals surface area contributed by atoms with Gasteiger partial charge in [-0.05, 0) is 64.2 Å². The minimum atomic E-state index is -0.489. The quantitative estimate of drug-likeness (QED) is 0.519. The lowest BCUT2D eigenvalue weighted by molar-refractivity contribution is -0.209. The molecule has 0 radical (unpaired) electrons. The van der Waals surface area contributed by atoms with Gasteiger partial charge in [0.15, 0.2) is 0 Å². The number of aliphatic hydroxyl groups excluding tert-OH is 1. The third kappa shape index (κ3) is 3.77. The zero-order valence-corrected chi connectivity index (χ0v) is 16.9. The van der Waals surface area contributed by atoms with Crippen molar-refractivity contribution in [3.63, 3.8) is 0 Å². The van der Waals surface area contributed by atoms with E-state index in [9.17, 15) is 5.11 Å². The number of allylic oxidation sites excluding steroid dienone is 2. The number of hydrogen-bond acceptors (Lipinski definition) is 2. The van der Waals surface area contributed by atoms with Crippen molar-refractivity contribution in [3.05, 3.63) is 24.3 Å². The molecule has 0 aromatic heterocycles. The van der Waals surface area contributed by atoms with E-state index in [0.717, 1.165) is 32.1 Å². The highest BCUT2D eigenvalue weighted by atomic mass is 79.9. The number of ether oxygens (including phenoxy) is 1. The molecular weight excluding hydrogens is 352 g/mol. The summed E-state index contributed by atoms with van der Waals surface area (Å²) >= 11 is 3.86. The molecule has 0 aromatic rings. The Morgan fingerprint density at radius 2 is 2.04 bits per heavy atom. The predicted molar refractivity (Wildman–Crippen MR) is 101 cm³/mol. The molecule has 1 aliphatic carbocycles. The zero-order chi connectivity index (χ0) is 17.5. The zero-order valence-electron chi connectivity index (χ0n) is 15.4. The van der Waals surface area contributed by atoms with Gasteiger partial charge in [0.2, 0.25) is 0 Å². The van der Waals surface area contributed by atoms with Crippen molar-refractivity contribution in [2.45, 2.75) is 88.9 Å². The van der Waals surface area contributed by atoms with E-state index < -0.39 is 11.7 Å². The molecule has 0 aromatic carbocycles. The van der Waals surface area contributed by atoms with Gasteiger partial charge in [0.05, 0.1) is 17.3 Å². The molecule has 3 heteroatoms. The molecule has 2 rings (SSSR count). The predicted octanol–water partition coefficient (Wildman–Crippen LogP) is 5.40. The maximum absolute atomic E-state index is 10.6. The molecule has 0 unspecified atom stereocenters. The minimum absolute atomic E-state index is 0.219. The van der Waals surface area contributed by atoms with E-state index in [4.69, 9.17) is 4.74 Å². The molecular formula is C20H33BrO2. The van der Waals surface area contributed by atoms with Crippen LogP contribution in [0.4, 0.5) is 0 Å². The van der Waals surface area contributed by atoms with Crippen LogP contribution in [0.25, 0.3) is 0 Å². The van der Waals surface area contributed by atoms with Gasteiger partial charge in [-0.3, -0.25) is 0 Å². The molecule has 23 heavy (non-hydrogen) atoms. The van der Waals surface area contributed by atoms with Gasteiger partial charge in [0.1, 0.15) is 0 Å². The molecule has 5 atom stereocenters. The molecule has 1 N–H and O–H groups in total. The van der Waals surface area contributed by atoms with Crippen LogP contribution in [-0.2, 0) is 4.74 Å². The fourth-order valence-corrected chi connectivity index (χ4v) is 4.82. The second-order valence-corrected chi connectivity index (χ2v) is 9.66. The normalized spacial score (nSPS) is 43.8. The summed E-state index contributed by atoms with van der Waals surface area (Å²) in [6.45, 7) is 15.0. The number of halogens is 1. The number of alkyl halides is 1. The van der Waals surface area contributed by atoms with Gasteiger partial charge in [0, 0.05) is 4.83 Å². The van der Waals surface area contributed by atoms with E-state index in [1.54, 1.807) is 0 Å². The Bertz CT molecular complexity index is 484. The molecule has 0 saturated carbocycles. The molecule has 2 aliphatic rings. The molecule has 2 nitrogen and oxygen atoms in total. The SMILES string of the molecule is C=C[C@@]1(C)CC[C@H](O)[C@](C)(CC[C@H]2C(C)=CC[C@@H](Br)C2(C)C)O1. The van der Waals surface area contributed by atoms with Crippen LogP contribution < -0.4 is 0 Å². The highest BCUT2D eigenvalue weighted by Crippen LogP contribution is 2.48. The van der Waals surface area contributed by atoms with Crippen molar-refractivity contribution in [2.75, 3.05) is 0 Å². The Hall–Kier alpha value is -0.120. The lowest BCUT2D eigenvalue weighted by Gasteiger charge is -2.49. The molecule has 0 spiro atoms. The van der Waals surface area contributed by atoms with Crippen LogP contribution in [0.15, 0.2) is 24.3 Å². The summed E-state index contributed by atoms with van der Waals surface area (Å²) in [5, 5.41) is 10.6. The number of hydrogen-bond donors (Lipinski definition) is 1. The molecule has 1 aliphatic heterocycles. The van der Waals surface area contributed by atoms with Crippen LogP contribution in [0.5, 0.6) is 0 Å². The van der Waals surface area contributed by atoms with Crippen molar-refractivity contribution < 1.29 is 9.84 Å². The van der Waals surface area contributed by atoms with Gasteiger partial charge < -0.3 is 9.84 Å². The van der Waals surface area contributed by atoms with Gasteiger partial charge in [-0.15, -0.1) is 6.58 Å². The summed E-state index contributed by atoms with van der Waals surface area (Å²) < 4.78 is 6.34. The van der Waals surface area contributed by atoms with Gasteiger partial charge in [-0.2, -0.15) is 0 Å². The topological polar surface area (TPSA) is 29.5 Å². The third-order valence-corrected chi connectivity index (χ3v) is 7.90. The van der Waals surface area contributed by atoms with Crippen LogP contribution >= 0.6 is 15.9 Å². The van der Waals surface area contributed by atoms with E-state index in [0.29, 0.717) is 10.7 Å². The largest absolute Gasteiger partial charge is 0.390 e. The second kappa shape index (κ2) is 6.65. The lowest BCUT2D eigenvalue weighted by atomic mass is 9.65. The summed E-state index contributed by atoms with van der Waals surface area (Å²) in [6, 6.07) is 0. The Labute approximate surface area is 150 Å². The lowest BCUT2D eigenvalue weighted by Crippen LogP contribution is -2.53. The standard InChI is InChI=1S/C20H33BrO2/c1-7-19(5)12-11-17(22)20(6,23-19)13-10-15-14(2)8-9-16(21)18(15,3)4/h7-8,15-17,22H,1,9-13H2,2-6H3/t15-,16+,17-,19-,20-/m0/s1. The van der Waals surface area contributed by atoms with Gasteiger partial charge in [-0.1, -0.05) is 47.5 Å². The van der Waals surface area contributed by atoms with Crippen molar-refractivity contribution in [2.24, 2.45) is 11.3 Å². The summed E-state index contributed by atoms with van der Waals surface area (Å²) in [5.41, 5.74) is 0.887. The van der Waals surface area contributed by atoms with Gasteiger partial charge in [0.25, 0.3) is 0 Å². The average Bonchev–Trinajstić information content (AvgIpc) is 2.47. The van der Waals surface area contributed by atoms with E-state index in [1.807, 2.05) is 6.08 Å². The van der Waals surface area contributed by atoms with E-state index in [2.05, 4.69) is 63.2 Å². The van der Waals surface area contributed by atoms with Gasteiger partial charge in [-0.25, -0.2) is 0 Å². The minimum Gasteiger partial charge on any atom is -0.390 e. The smallest absolute Gasteiger partial charge is 0.0924 e. The maximum Gasteiger partial charge on any atom is 0.0924 e. The number of aliphatic hydroxyl groups is 1. The first kappa shape index (κ1) is 19.2. The molecule has 1 saturated heterocycles. The van der Waals surface area contributed by atoms with E-state index in [-0.39, 0.29) is 11.0 Å². The Kier molecular flexibility index (Phi) is 5.55. The Balaban J connectivity index is 2.13. The van der Waals surface area contributed by atoms with Crippen LogP contribution in [0.3, 0.4) is 0 Å². The second-order valence-electron chi connectivity index (χ2n) is 8.55.